The average molecular weight is 379 g/mol. The minimum atomic E-state index is -0.270. The number of aryl methyl sites for hydroxylation is 1. The molecule has 6 nitrogen and oxygen atoms in total. The molecule has 7 heteroatoms. The van der Waals surface area contributed by atoms with Gasteiger partial charge in [-0.1, -0.05) is 22.0 Å². The van der Waals surface area contributed by atoms with Crippen molar-refractivity contribution in [3.63, 3.8) is 0 Å². The number of carbonyl (C=O) groups excluding carboxylic acids is 1. The number of anilines is 2. The van der Waals surface area contributed by atoms with Gasteiger partial charge in [0.1, 0.15) is 5.69 Å². The van der Waals surface area contributed by atoms with Gasteiger partial charge >= 0.3 is 0 Å². The number of rotatable bonds is 7. The molecule has 0 spiro atoms. The van der Waals surface area contributed by atoms with E-state index in [0.717, 1.165) is 16.6 Å². The maximum atomic E-state index is 12.3. The van der Waals surface area contributed by atoms with Crippen molar-refractivity contribution in [3.05, 3.63) is 46.2 Å². The second kappa shape index (κ2) is 8.59. The molecule has 1 aromatic heterocycles. The third kappa shape index (κ3) is 5.61. The van der Waals surface area contributed by atoms with E-state index in [0.29, 0.717) is 30.5 Å². The lowest BCUT2D eigenvalue weighted by Gasteiger charge is -2.09. The van der Waals surface area contributed by atoms with Crippen molar-refractivity contribution in [2.75, 3.05) is 30.9 Å². The van der Waals surface area contributed by atoms with Gasteiger partial charge in [-0.25, -0.2) is 9.97 Å². The Morgan fingerprint density at radius 2 is 2.13 bits per heavy atom. The van der Waals surface area contributed by atoms with Crippen LogP contribution >= 0.6 is 15.9 Å². The minimum Gasteiger partial charge on any atom is -0.385 e. The summed E-state index contributed by atoms with van der Waals surface area (Å²) >= 11 is 3.38. The monoisotopic (exact) mass is 378 g/mol. The number of hydrogen-bond acceptors (Lipinski definition) is 5. The third-order valence-electron chi connectivity index (χ3n) is 2.98. The zero-order valence-corrected chi connectivity index (χ0v) is 14.7. The lowest BCUT2D eigenvalue weighted by atomic mass is 10.3. The van der Waals surface area contributed by atoms with Crippen LogP contribution in [0.2, 0.25) is 0 Å². The molecule has 0 fully saturated rings. The number of amides is 1. The normalized spacial score (nSPS) is 10.4. The summed E-state index contributed by atoms with van der Waals surface area (Å²) < 4.78 is 5.89. The Kier molecular flexibility index (Phi) is 6.49. The highest BCUT2D eigenvalue weighted by Gasteiger charge is 2.11. The van der Waals surface area contributed by atoms with Crippen LogP contribution in [0.15, 0.2) is 34.8 Å². The number of nitrogens with zero attached hydrogens (tertiary/aromatic N) is 2. The molecule has 2 aromatic rings. The van der Waals surface area contributed by atoms with Gasteiger partial charge in [0.15, 0.2) is 0 Å². The molecule has 0 aliphatic rings. The minimum absolute atomic E-state index is 0.270. The Balaban J connectivity index is 2.06. The summed E-state index contributed by atoms with van der Waals surface area (Å²) in [6, 6.07) is 9.06. The molecule has 0 saturated carbocycles. The maximum Gasteiger partial charge on any atom is 0.274 e. The van der Waals surface area contributed by atoms with Gasteiger partial charge in [-0.2, -0.15) is 0 Å². The first-order chi connectivity index (χ1) is 11.1. The van der Waals surface area contributed by atoms with Crippen LogP contribution < -0.4 is 10.6 Å². The van der Waals surface area contributed by atoms with E-state index in [9.17, 15) is 4.79 Å². The zero-order chi connectivity index (χ0) is 16.7. The predicted octanol–water partition coefficient (Wildman–Crippen LogP) is 3.25. The highest BCUT2D eigenvalue weighted by molar-refractivity contribution is 9.10. The van der Waals surface area contributed by atoms with Gasteiger partial charge in [-0.05, 0) is 37.6 Å². The van der Waals surface area contributed by atoms with Crippen LogP contribution in [0, 0.1) is 6.92 Å². The average Bonchev–Trinajstić information content (AvgIpc) is 2.51. The van der Waals surface area contributed by atoms with E-state index < -0.39 is 0 Å². The van der Waals surface area contributed by atoms with Crippen LogP contribution in [0.1, 0.15) is 22.6 Å². The molecule has 1 amide bonds. The molecule has 2 rings (SSSR count). The molecule has 0 atom stereocenters. The van der Waals surface area contributed by atoms with Gasteiger partial charge in [-0.15, -0.1) is 0 Å². The molecule has 1 heterocycles. The number of ether oxygens (including phenoxy) is 1. The molecular formula is C16H19BrN4O2. The Morgan fingerprint density at radius 1 is 1.30 bits per heavy atom. The topological polar surface area (TPSA) is 76.1 Å². The lowest BCUT2D eigenvalue weighted by molar-refractivity contribution is 0.102. The zero-order valence-electron chi connectivity index (χ0n) is 13.1. The molecule has 0 aliphatic carbocycles. The molecule has 0 saturated heterocycles. The second-order valence-electron chi connectivity index (χ2n) is 4.96. The fraction of sp³-hybridized carbons (Fsp3) is 0.312. The summed E-state index contributed by atoms with van der Waals surface area (Å²) in [4.78, 5) is 20.9. The Hall–Kier alpha value is -1.99. The largest absolute Gasteiger partial charge is 0.385 e. The summed E-state index contributed by atoms with van der Waals surface area (Å²) in [6.45, 7) is 3.18. The first-order valence-corrected chi connectivity index (χ1v) is 8.03. The second-order valence-corrected chi connectivity index (χ2v) is 5.87. The Labute approximate surface area is 143 Å². The van der Waals surface area contributed by atoms with Gasteiger partial charge in [0, 0.05) is 36.1 Å². The molecule has 0 bridgehead atoms. The molecule has 122 valence electrons. The van der Waals surface area contributed by atoms with E-state index in [1.54, 1.807) is 13.2 Å². The fourth-order valence-electron chi connectivity index (χ4n) is 1.94. The third-order valence-corrected chi connectivity index (χ3v) is 3.47. The molecule has 1 aromatic carbocycles. The highest BCUT2D eigenvalue weighted by atomic mass is 79.9. The molecule has 0 unspecified atom stereocenters. The van der Waals surface area contributed by atoms with Crippen molar-refractivity contribution in [2.24, 2.45) is 0 Å². The first kappa shape index (κ1) is 17.4. The maximum absolute atomic E-state index is 12.3. The van der Waals surface area contributed by atoms with Crippen LogP contribution in [-0.2, 0) is 4.74 Å². The van der Waals surface area contributed by atoms with Crippen molar-refractivity contribution in [1.82, 2.24) is 9.97 Å². The van der Waals surface area contributed by atoms with E-state index in [4.69, 9.17) is 4.74 Å². The smallest absolute Gasteiger partial charge is 0.274 e. The van der Waals surface area contributed by atoms with Crippen molar-refractivity contribution < 1.29 is 9.53 Å². The molecular weight excluding hydrogens is 360 g/mol. The van der Waals surface area contributed by atoms with Crippen LogP contribution in [0.3, 0.4) is 0 Å². The molecule has 23 heavy (non-hydrogen) atoms. The van der Waals surface area contributed by atoms with Crippen molar-refractivity contribution in [1.29, 1.82) is 0 Å². The highest BCUT2D eigenvalue weighted by Crippen LogP contribution is 2.16. The van der Waals surface area contributed by atoms with Crippen molar-refractivity contribution >= 4 is 33.5 Å². The molecule has 0 aliphatic heterocycles. The number of hydrogen-bond donors (Lipinski definition) is 2. The summed E-state index contributed by atoms with van der Waals surface area (Å²) in [5.41, 5.74) is 1.76. The number of carbonyl (C=O) groups is 1. The van der Waals surface area contributed by atoms with Crippen molar-refractivity contribution in [3.8, 4) is 0 Å². The number of halogens is 1. The van der Waals surface area contributed by atoms with Crippen molar-refractivity contribution in [2.45, 2.75) is 13.3 Å². The van der Waals surface area contributed by atoms with Crippen LogP contribution in [0.5, 0.6) is 0 Å². The van der Waals surface area contributed by atoms with E-state index >= 15 is 0 Å². The van der Waals surface area contributed by atoms with Crippen LogP contribution in [0.4, 0.5) is 11.6 Å². The molecule has 0 radical (unpaired) electrons. The first-order valence-electron chi connectivity index (χ1n) is 7.24. The van der Waals surface area contributed by atoms with Gasteiger partial charge in [0.25, 0.3) is 5.91 Å². The number of aromatic nitrogens is 2. The van der Waals surface area contributed by atoms with E-state index in [1.165, 1.54) is 0 Å². The lowest BCUT2D eigenvalue weighted by Crippen LogP contribution is -2.16. The summed E-state index contributed by atoms with van der Waals surface area (Å²) in [5, 5.41) is 5.92. The van der Waals surface area contributed by atoms with E-state index in [2.05, 4.69) is 36.5 Å². The standard InChI is InChI=1S/C16H19BrN4O2/c1-11-9-14(21-16(19-11)18-7-4-8-23-2)15(22)20-13-6-3-5-12(17)10-13/h3,5-6,9-10H,4,7-8H2,1-2H3,(H,20,22)(H,18,19,21). The number of nitrogens with one attached hydrogen (secondary N) is 2. The van der Waals surface area contributed by atoms with Gasteiger partial charge in [0.2, 0.25) is 5.95 Å². The van der Waals surface area contributed by atoms with Crippen LogP contribution in [-0.4, -0.2) is 36.1 Å². The quantitative estimate of drug-likeness (QED) is 0.723. The van der Waals surface area contributed by atoms with Gasteiger partial charge in [0.05, 0.1) is 0 Å². The number of benzene rings is 1. The summed E-state index contributed by atoms with van der Waals surface area (Å²) in [6.07, 6.45) is 0.841. The van der Waals surface area contributed by atoms with Gasteiger partial charge < -0.3 is 15.4 Å². The van der Waals surface area contributed by atoms with E-state index in [-0.39, 0.29) is 5.91 Å². The van der Waals surface area contributed by atoms with Gasteiger partial charge in [-0.3, -0.25) is 4.79 Å². The Morgan fingerprint density at radius 3 is 2.87 bits per heavy atom. The molecule has 2 N–H and O–H groups in total. The Bertz CT molecular complexity index is 679. The summed E-state index contributed by atoms with van der Waals surface area (Å²) in [5.74, 6) is 0.175. The SMILES string of the molecule is COCCCNc1nc(C)cc(C(=O)Nc2cccc(Br)c2)n1. The predicted molar refractivity (Wildman–Crippen MR) is 93.8 cm³/mol. The van der Waals surface area contributed by atoms with E-state index in [1.807, 2.05) is 31.2 Å². The summed E-state index contributed by atoms with van der Waals surface area (Å²) in [7, 11) is 1.66. The number of methoxy groups -OCH3 is 1. The van der Waals surface area contributed by atoms with Crippen LogP contribution in [0.25, 0.3) is 0 Å². The fourth-order valence-corrected chi connectivity index (χ4v) is 2.34.